The molecule has 1 aromatic carbocycles. The molecule has 6 heteroatoms. The van der Waals surface area contributed by atoms with Crippen LogP contribution in [0.5, 0.6) is 0 Å². The van der Waals surface area contributed by atoms with E-state index in [9.17, 15) is 9.18 Å². The van der Waals surface area contributed by atoms with E-state index in [0.717, 1.165) is 0 Å². The van der Waals surface area contributed by atoms with Gasteiger partial charge in [-0.1, -0.05) is 18.2 Å². The second kappa shape index (κ2) is 6.18. The number of anilines is 1. The highest BCUT2D eigenvalue weighted by molar-refractivity contribution is 5.85. The van der Waals surface area contributed by atoms with Crippen LogP contribution in [0.1, 0.15) is 0 Å². The number of carbonyl (C=O) groups is 1. The molecule has 1 heterocycles. The summed E-state index contributed by atoms with van der Waals surface area (Å²) in [6.45, 7) is 0. The first-order valence-corrected chi connectivity index (χ1v) is 4.45. The standard InChI is InChI=1S/C6H5F.C4H6N4O/c7-6-4-2-1-3-5-6;5-3(9)8-4-6-1-2-7-4/h1-5H;1-2H,(H4,5,6,7,8,9). The Hall–Kier alpha value is -2.37. The molecule has 2 amide bonds. The first-order chi connectivity index (χ1) is 7.68. The minimum atomic E-state index is -0.620. The number of benzene rings is 1. The number of nitrogens with zero attached hydrogens (tertiary/aromatic N) is 1. The number of aromatic nitrogens is 2. The highest BCUT2D eigenvalue weighted by Crippen LogP contribution is 1.92. The average Bonchev–Trinajstić information content (AvgIpc) is 2.71. The van der Waals surface area contributed by atoms with Crippen molar-refractivity contribution in [2.24, 2.45) is 5.73 Å². The third-order valence-electron chi connectivity index (χ3n) is 1.47. The Kier molecular flexibility index (Phi) is 4.52. The molecule has 1 aromatic heterocycles. The maximum absolute atomic E-state index is 11.9. The van der Waals surface area contributed by atoms with Gasteiger partial charge in [0.15, 0.2) is 0 Å². The monoisotopic (exact) mass is 222 g/mol. The number of carbonyl (C=O) groups excluding carboxylic acids is 1. The van der Waals surface area contributed by atoms with E-state index in [2.05, 4.69) is 15.3 Å². The van der Waals surface area contributed by atoms with Crippen LogP contribution in [0.3, 0.4) is 0 Å². The Balaban J connectivity index is 0.000000165. The van der Waals surface area contributed by atoms with Gasteiger partial charge in [-0.15, -0.1) is 0 Å². The zero-order chi connectivity index (χ0) is 11.8. The minimum Gasteiger partial charge on any atom is -0.351 e. The number of nitrogens with one attached hydrogen (secondary N) is 2. The molecule has 5 nitrogen and oxygen atoms in total. The van der Waals surface area contributed by atoms with Gasteiger partial charge in [0.25, 0.3) is 0 Å². The number of urea groups is 1. The smallest absolute Gasteiger partial charge is 0.318 e. The Bertz CT molecular complexity index is 416. The molecule has 0 aliphatic carbocycles. The van der Waals surface area contributed by atoms with Gasteiger partial charge in [-0.3, -0.25) is 5.32 Å². The van der Waals surface area contributed by atoms with Crippen molar-refractivity contribution in [3.63, 3.8) is 0 Å². The zero-order valence-corrected chi connectivity index (χ0v) is 8.35. The van der Waals surface area contributed by atoms with Gasteiger partial charge in [-0.05, 0) is 12.1 Å². The highest BCUT2D eigenvalue weighted by atomic mass is 19.1. The summed E-state index contributed by atoms with van der Waals surface area (Å²) in [5, 5.41) is 2.26. The fourth-order valence-corrected chi connectivity index (χ4v) is 0.865. The maximum atomic E-state index is 11.9. The molecule has 0 saturated heterocycles. The third kappa shape index (κ3) is 4.75. The average molecular weight is 222 g/mol. The SMILES string of the molecule is Fc1ccccc1.NC(=O)Nc1ncc[nH]1. The zero-order valence-electron chi connectivity index (χ0n) is 8.35. The summed E-state index contributed by atoms with van der Waals surface area (Å²) >= 11 is 0. The van der Waals surface area contributed by atoms with Crippen LogP contribution in [-0.2, 0) is 0 Å². The lowest BCUT2D eigenvalue weighted by molar-refractivity contribution is 0.259. The maximum Gasteiger partial charge on any atom is 0.318 e. The molecule has 0 unspecified atom stereocenters. The normalized spacial score (nSPS) is 8.81. The Morgan fingerprint density at radius 1 is 1.38 bits per heavy atom. The molecule has 84 valence electrons. The van der Waals surface area contributed by atoms with E-state index in [1.54, 1.807) is 24.4 Å². The van der Waals surface area contributed by atoms with Crippen molar-refractivity contribution in [3.8, 4) is 0 Å². The molecule has 0 bridgehead atoms. The Morgan fingerprint density at radius 2 is 2.06 bits per heavy atom. The van der Waals surface area contributed by atoms with Gasteiger partial charge in [0.05, 0.1) is 0 Å². The van der Waals surface area contributed by atoms with Crippen LogP contribution in [-0.4, -0.2) is 16.0 Å². The second-order valence-corrected chi connectivity index (χ2v) is 2.72. The first-order valence-electron chi connectivity index (χ1n) is 4.45. The van der Waals surface area contributed by atoms with Gasteiger partial charge in [-0.2, -0.15) is 0 Å². The van der Waals surface area contributed by atoms with Crippen LogP contribution in [0.25, 0.3) is 0 Å². The van der Waals surface area contributed by atoms with Gasteiger partial charge < -0.3 is 10.7 Å². The van der Waals surface area contributed by atoms with E-state index in [1.165, 1.54) is 18.3 Å². The van der Waals surface area contributed by atoms with Crippen molar-refractivity contribution in [2.45, 2.75) is 0 Å². The Morgan fingerprint density at radius 3 is 2.44 bits per heavy atom. The van der Waals surface area contributed by atoms with E-state index < -0.39 is 6.03 Å². The molecule has 0 aliphatic heterocycles. The minimum absolute atomic E-state index is 0.178. The quantitative estimate of drug-likeness (QED) is 0.686. The molecule has 0 radical (unpaired) electrons. The number of amides is 2. The fourth-order valence-electron chi connectivity index (χ4n) is 0.865. The molecule has 0 aliphatic rings. The molecule has 16 heavy (non-hydrogen) atoms. The van der Waals surface area contributed by atoms with E-state index in [4.69, 9.17) is 5.73 Å². The molecule has 4 N–H and O–H groups in total. The van der Waals surface area contributed by atoms with Crippen LogP contribution in [0.2, 0.25) is 0 Å². The molecular formula is C10H11FN4O. The summed E-state index contributed by atoms with van der Waals surface area (Å²) < 4.78 is 11.9. The summed E-state index contributed by atoms with van der Waals surface area (Å²) in [7, 11) is 0. The molecule has 0 atom stereocenters. The molecule has 2 rings (SSSR count). The van der Waals surface area contributed by atoms with Crippen LogP contribution < -0.4 is 11.1 Å². The lowest BCUT2D eigenvalue weighted by Gasteiger charge is -1.91. The third-order valence-corrected chi connectivity index (χ3v) is 1.47. The second-order valence-electron chi connectivity index (χ2n) is 2.72. The number of halogens is 1. The first kappa shape index (κ1) is 11.7. The predicted molar refractivity (Wildman–Crippen MR) is 58.2 cm³/mol. The van der Waals surface area contributed by atoms with Gasteiger partial charge in [0.2, 0.25) is 5.95 Å². The van der Waals surface area contributed by atoms with Crippen LogP contribution in [0.4, 0.5) is 15.1 Å². The van der Waals surface area contributed by atoms with Gasteiger partial charge >= 0.3 is 6.03 Å². The van der Waals surface area contributed by atoms with Crippen LogP contribution in [0, 0.1) is 5.82 Å². The van der Waals surface area contributed by atoms with Crippen molar-refractivity contribution >= 4 is 12.0 Å². The molecule has 0 saturated carbocycles. The molecule has 0 fully saturated rings. The van der Waals surface area contributed by atoms with E-state index in [-0.39, 0.29) is 5.82 Å². The fraction of sp³-hybridized carbons (Fsp3) is 0. The lowest BCUT2D eigenvalue weighted by atomic mass is 10.4. The number of hydrogen-bond donors (Lipinski definition) is 3. The van der Waals surface area contributed by atoms with Crippen molar-refractivity contribution in [1.29, 1.82) is 0 Å². The number of H-pyrrole nitrogens is 1. The van der Waals surface area contributed by atoms with Gasteiger partial charge in [-0.25, -0.2) is 14.2 Å². The van der Waals surface area contributed by atoms with Crippen LogP contribution in [0.15, 0.2) is 42.7 Å². The van der Waals surface area contributed by atoms with Crippen molar-refractivity contribution in [2.75, 3.05) is 5.32 Å². The number of hydrogen-bond acceptors (Lipinski definition) is 2. The summed E-state index contributed by atoms with van der Waals surface area (Å²) in [6.07, 6.45) is 3.11. The summed E-state index contributed by atoms with van der Waals surface area (Å²) in [4.78, 5) is 16.5. The van der Waals surface area contributed by atoms with Gasteiger partial charge in [0.1, 0.15) is 5.82 Å². The van der Waals surface area contributed by atoms with Gasteiger partial charge in [0, 0.05) is 12.4 Å². The topological polar surface area (TPSA) is 83.8 Å². The number of primary amides is 1. The number of rotatable bonds is 1. The lowest BCUT2D eigenvalue weighted by Crippen LogP contribution is -2.19. The largest absolute Gasteiger partial charge is 0.351 e. The molecule has 0 spiro atoms. The van der Waals surface area contributed by atoms with E-state index >= 15 is 0 Å². The number of imidazole rings is 1. The van der Waals surface area contributed by atoms with E-state index in [1.807, 2.05) is 0 Å². The van der Waals surface area contributed by atoms with E-state index in [0.29, 0.717) is 5.95 Å². The summed E-state index contributed by atoms with van der Waals surface area (Å²) in [5.41, 5.74) is 4.77. The van der Waals surface area contributed by atoms with Crippen molar-refractivity contribution in [3.05, 3.63) is 48.5 Å². The summed E-state index contributed by atoms with van der Waals surface area (Å²) in [6, 6.07) is 7.32. The molecule has 2 aromatic rings. The predicted octanol–water partition coefficient (Wildman–Crippen LogP) is 1.73. The Labute approximate surface area is 91.5 Å². The van der Waals surface area contributed by atoms with Crippen molar-refractivity contribution in [1.82, 2.24) is 9.97 Å². The number of nitrogens with two attached hydrogens (primary N) is 1. The molecular weight excluding hydrogens is 211 g/mol. The van der Waals surface area contributed by atoms with Crippen LogP contribution >= 0.6 is 0 Å². The highest BCUT2D eigenvalue weighted by Gasteiger charge is 1.93. The summed E-state index contributed by atoms with van der Waals surface area (Å²) in [5.74, 6) is 0.185. The number of aromatic amines is 1. The van der Waals surface area contributed by atoms with Crippen molar-refractivity contribution < 1.29 is 9.18 Å².